The molecule has 3 aromatic rings. The first-order chi connectivity index (χ1) is 15.9. The number of hydrogen-bond acceptors (Lipinski definition) is 4. The van der Waals surface area contributed by atoms with Gasteiger partial charge in [-0.2, -0.15) is 0 Å². The van der Waals surface area contributed by atoms with Gasteiger partial charge in [-0.25, -0.2) is 0 Å². The number of amides is 2. The molecule has 0 unspecified atom stereocenters. The van der Waals surface area contributed by atoms with Gasteiger partial charge in [0.2, 0.25) is 5.91 Å². The van der Waals surface area contributed by atoms with Crippen molar-refractivity contribution in [2.75, 3.05) is 25.5 Å². The molecular weight excluding hydrogens is 414 g/mol. The minimum atomic E-state index is -0.680. The molecule has 33 heavy (non-hydrogen) atoms. The second-order valence-electron chi connectivity index (χ2n) is 8.04. The highest BCUT2D eigenvalue weighted by molar-refractivity contribution is 5.97. The number of rotatable bonds is 10. The van der Waals surface area contributed by atoms with Crippen LogP contribution >= 0.6 is 0 Å². The summed E-state index contributed by atoms with van der Waals surface area (Å²) in [4.78, 5) is 25.8. The van der Waals surface area contributed by atoms with Gasteiger partial charge in [-0.05, 0) is 55.8 Å². The molecule has 0 heterocycles. The van der Waals surface area contributed by atoms with Crippen LogP contribution in [-0.2, 0) is 11.2 Å². The molecule has 6 nitrogen and oxygen atoms in total. The van der Waals surface area contributed by atoms with Gasteiger partial charge >= 0.3 is 0 Å². The maximum atomic E-state index is 13.0. The van der Waals surface area contributed by atoms with Crippen molar-refractivity contribution in [3.8, 4) is 5.75 Å². The van der Waals surface area contributed by atoms with Crippen molar-refractivity contribution in [3.63, 3.8) is 0 Å². The van der Waals surface area contributed by atoms with Crippen LogP contribution in [0.3, 0.4) is 0 Å². The molecule has 0 aliphatic heterocycles. The summed E-state index contributed by atoms with van der Waals surface area (Å²) in [6.07, 6.45) is 0.414. The molecule has 6 heteroatoms. The lowest BCUT2D eigenvalue weighted by atomic mass is 10.0. The van der Waals surface area contributed by atoms with E-state index in [9.17, 15) is 9.59 Å². The predicted molar refractivity (Wildman–Crippen MR) is 132 cm³/mol. The van der Waals surface area contributed by atoms with Gasteiger partial charge in [0.15, 0.2) is 0 Å². The highest BCUT2D eigenvalue weighted by Gasteiger charge is 2.22. The minimum absolute atomic E-state index is 0.214. The maximum absolute atomic E-state index is 13.0. The molecule has 0 aliphatic rings. The van der Waals surface area contributed by atoms with Crippen LogP contribution in [0.2, 0.25) is 0 Å². The van der Waals surface area contributed by atoms with E-state index < -0.39 is 6.04 Å². The van der Waals surface area contributed by atoms with Gasteiger partial charge in [0.1, 0.15) is 11.8 Å². The molecule has 0 saturated carbocycles. The smallest absolute Gasteiger partial charge is 0.251 e. The van der Waals surface area contributed by atoms with Crippen LogP contribution in [0.15, 0.2) is 72.8 Å². The highest BCUT2D eigenvalue weighted by Crippen LogP contribution is 2.14. The van der Waals surface area contributed by atoms with E-state index in [4.69, 9.17) is 4.74 Å². The van der Waals surface area contributed by atoms with E-state index in [1.54, 1.807) is 13.2 Å². The quantitative estimate of drug-likeness (QED) is 0.414. The Morgan fingerprint density at radius 3 is 2.24 bits per heavy atom. The molecule has 0 aromatic heterocycles. The molecule has 0 fully saturated rings. The summed E-state index contributed by atoms with van der Waals surface area (Å²) in [5.41, 5.74) is 4.58. The van der Waals surface area contributed by atoms with Crippen LogP contribution in [0, 0.1) is 13.8 Å². The maximum Gasteiger partial charge on any atom is 0.251 e. The fourth-order valence-corrected chi connectivity index (χ4v) is 3.54. The first-order valence-electron chi connectivity index (χ1n) is 11.0. The zero-order chi connectivity index (χ0) is 23.6. The third-order valence-corrected chi connectivity index (χ3v) is 5.27. The molecule has 0 spiro atoms. The Balaban J connectivity index is 1.61. The summed E-state index contributed by atoms with van der Waals surface area (Å²) in [5.74, 6) is 0.314. The van der Waals surface area contributed by atoms with E-state index in [1.807, 2.05) is 80.6 Å². The Morgan fingerprint density at radius 1 is 0.879 bits per heavy atom. The summed E-state index contributed by atoms with van der Waals surface area (Å²) < 4.78 is 5.16. The Kier molecular flexibility index (Phi) is 8.47. The second kappa shape index (κ2) is 11.7. The lowest BCUT2D eigenvalue weighted by Gasteiger charge is -2.19. The Bertz CT molecular complexity index is 1080. The van der Waals surface area contributed by atoms with Crippen molar-refractivity contribution >= 4 is 17.5 Å². The van der Waals surface area contributed by atoms with Crippen molar-refractivity contribution in [2.45, 2.75) is 26.3 Å². The molecule has 1 atom stereocenters. The molecule has 0 aliphatic carbocycles. The Morgan fingerprint density at radius 2 is 1.58 bits per heavy atom. The molecule has 3 N–H and O–H groups in total. The van der Waals surface area contributed by atoms with Gasteiger partial charge < -0.3 is 20.7 Å². The number of aryl methyl sites for hydroxylation is 2. The lowest BCUT2D eigenvalue weighted by molar-refractivity contribution is -0.122. The Hall–Kier alpha value is -3.80. The molecule has 3 rings (SSSR count). The third kappa shape index (κ3) is 7.38. The monoisotopic (exact) mass is 445 g/mol. The Labute approximate surface area is 195 Å². The van der Waals surface area contributed by atoms with E-state index in [2.05, 4.69) is 16.0 Å². The zero-order valence-electron chi connectivity index (χ0n) is 19.4. The van der Waals surface area contributed by atoms with E-state index >= 15 is 0 Å². The molecule has 172 valence electrons. The largest absolute Gasteiger partial charge is 0.497 e. The summed E-state index contributed by atoms with van der Waals surface area (Å²) in [5, 5.41) is 9.11. The number of anilines is 1. The van der Waals surface area contributed by atoms with Crippen molar-refractivity contribution in [1.82, 2.24) is 10.6 Å². The first kappa shape index (κ1) is 23.9. The lowest BCUT2D eigenvalue weighted by Crippen LogP contribution is -2.48. The molecule has 3 aromatic carbocycles. The third-order valence-electron chi connectivity index (χ3n) is 5.27. The minimum Gasteiger partial charge on any atom is -0.497 e. The zero-order valence-corrected chi connectivity index (χ0v) is 19.4. The SMILES string of the molecule is COc1ccc(NCCNC(=O)[C@H](Cc2cccc(C)c2)NC(=O)c2cccc(C)c2)cc1. The highest BCUT2D eigenvalue weighted by atomic mass is 16.5. The molecule has 0 bridgehead atoms. The van der Waals surface area contributed by atoms with Crippen LogP contribution in [-0.4, -0.2) is 38.1 Å². The standard InChI is InChI=1S/C27H31N3O3/c1-19-6-4-8-21(16-19)18-25(30-26(31)22-9-5-7-20(2)17-22)27(32)29-15-14-28-23-10-12-24(33-3)13-11-23/h4-13,16-17,25,28H,14-15,18H2,1-3H3,(H,29,32)(H,30,31)/t25-/m0/s1. The molecule has 2 amide bonds. The topological polar surface area (TPSA) is 79.5 Å². The number of methoxy groups -OCH3 is 1. The average Bonchev–Trinajstić information content (AvgIpc) is 2.81. The normalized spacial score (nSPS) is 11.4. The van der Waals surface area contributed by atoms with Gasteiger partial charge in [0, 0.05) is 30.8 Å². The van der Waals surface area contributed by atoms with Crippen LogP contribution in [0.4, 0.5) is 5.69 Å². The average molecular weight is 446 g/mol. The summed E-state index contributed by atoms with van der Waals surface area (Å²) in [6.45, 7) is 4.93. The summed E-state index contributed by atoms with van der Waals surface area (Å²) in [6, 6.07) is 22.2. The van der Waals surface area contributed by atoms with E-state index in [1.165, 1.54) is 0 Å². The number of hydrogen-bond donors (Lipinski definition) is 3. The predicted octanol–water partition coefficient (Wildman–Crippen LogP) is 3.88. The number of benzene rings is 3. The van der Waals surface area contributed by atoms with Gasteiger partial charge in [-0.15, -0.1) is 0 Å². The van der Waals surface area contributed by atoms with Crippen molar-refractivity contribution in [1.29, 1.82) is 0 Å². The fourth-order valence-electron chi connectivity index (χ4n) is 3.54. The second-order valence-corrected chi connectivity index (χ2v) is 8.04. The summed E-state index contributed by atoms with van der Waals surface area (Å²) >= 11 is 0. The van der Waals surface area contributed by atoms with Crippen molar-refractivity contribution in [3.05, 3.63) is 95.1 Å². The number of ether oxygens (including phenoxy) is 1. The number of nitrogens with one attached hydrogen (secondary N) is 3. The molecule has 0 radical (unpaired) electrons. The van der Waals surface area contributed by atoms with Crippen molar-refractivity contribution < 1.29 is 14.3 Å². The van der Waals surface area contributed by atoms with Crippen LogP contribution in [0.25, 0.3) is 0 Å². The van der Waals surface area contributed by atoms with E-state index in [0.717, 1.165) is 28.1 Å². The van der Waals surface area contributed by atoms with E-state index in [-0.39, 0.29) is 11.8 Å². The van der Waals surface area contributed by atoms with Crippen LogP contribution in [0.5, 0.6) is 5.75 Å². The van der Waals surface area contributed by atoms with Gasteiger partial charge in [-0.3, -0.25) is 9.59 Å². The van der Waals surface area contributed by atoms with Gasteiger partial charge in [0.25, 0.3) is 5.91 Å². The van der Waals surface area contributed by atoms with Crippen LogP contribution < -0.4 is 20.7 Å². The summed E-state index contributed by atoms with van der Waals surface area (Å²) in [7, 11) is 1.63. The fraction of sp³-hybridized carbons (Fsp3) is 0.259. The number of carbonyl (C=O) groups is 2. The molecular formula is C27H31N3O3. The van der Waals surface area contributed by atoms with Gasteiger partial charge in [0.05, 0.1) is 7.11 Å². The first-order valence-corrected chi connectivity index (χ1v) is 11.0. The van der Waals surface area contributed by atoms with Crippen LogP contribution in [0.1, 0.15) is 27.0 Å². The number of carbonyl (C=O) groups excluding carboxylic acids is 2. The molecule has 0 saturated heterocycles. The van der Waals surface area contributed by atoms with Crippen molar-refractivity contribution in [2.24, 2.45) is 0 Å². The van der Waals surface area contributed by atoms with E-state index in [0.29, 0.717) is 25.1 Å². The van der Waals surface area contributed by atoms with Gasteiger partial charge in [-0.1, -0.05) is 47.5 Å².